The van der Waals surface area contributed by atoms with Gasteiger partial charge in [0.25, 0.3) is 0 Å². The third-order valence-electron chi connectivity index (χ3n) is 2.33. The molecule has 1 aromatic carbocycles. The van der Waals surface area contributed by atoms with Crippen LogP contribution in [0, 0.1) is 0 Å². The fourth-order valence-corrected chi connectivity index (χ4v) is 1.41. The third-order valence-corrected chi connectivity index (χ3v) is 2.33. The van der Waals surface area contributed by atoms with Crippen LogP contribution in [0.2, 0.25) is 0 Å². The van der Waals surface area contributed by atoms with E-state index in [0.717, 1.165) is 0 Å². The van der Waals surface area contributed by atoms with Crippen molar-refractivity contribution in [2.24, 2.45) is 0 Å². The van der Waals surface area contributed by atoms with Crippen molar-refractivity contribution in [1.29, 1.82) is 0 Å². The van der Waals surface area contributed by atoms with E-state index in [1.54, 1.807) is 6.07 Å². The fraction of sp³-hybridized carbons (Fsp3) is 0.308. The molecule has 0 saturated heterocycles. The number of aliphatic hydroxyl groups is 1. The highest BCUT2D eigenvalue weighted by molar-refractivity contribution is 5.96. The lowest BCUT2D eigenvalue weighted by atomic mass is 10.1. The zero-order valence-corrected chi connectivity index (χ0v) is 10.2. The number of hydrogen-bond donors (Lipinski definition) is 2. The van der Waals surface area contributed by atoms with Crippen LogP contribution in [-0.4, -0.2) is 29.8 Å². The maximum absolute atomic E-state index is 12.9. The van der Waals surface area contributed by atoms with Crippen LogP contribution >= 0.6 is 0 Å². The minimum Gasteiger partial charge on any atom is -0.394 e. The number of aliphatic hydroxyl groups excluding tert-OH is 1. The standard InChI is InChI=1S/C13H14F3NO2/c1-9(8-18)17-12(19)7-11(13(14,15)16)10-5-3-2-4-6-10/h2-7,9,18H,8H2,1H3,(H,17,19)/b11-7-. The minimum absolute atomic E-state index is 0.0817. The molecule has 1 atom stereocenters. The topological polar surface area (TPSA) is 49.3 Å². The van der Waals surface area contributed by atoms with E-state index < -0.39 is 23.7 Å². The zero-order chi connectivity index (χ0) is 14.5. The van der Waals surface area contributed by atoms with Gasteiger partial charge in [-0.15, -0.1) is 0 Å². The number of allylic oxidation sites excluding steroid dienone is 1. The molecule has 1 unspecified atom stereocenters. The molecule has 0 aliphatic rings. The normalized spacial score (nSPS) is 14.1. The summed E-state index contributed by atoms with van der Waals surface area (Å²) in [7, 11) is 0. The number of hydrogen-bond acceptors (Lipinski definition) is 2. The van der Waals surface area contributed by atoms with Gasteiger partial charge in [-0.2, -0.15) is 13.2 Å². The first-order valence-electron chi connectivity index (χ1n) is 5.60. The highest BCUT2D eigenvalue weighted by atomic mass is 19.4. The quantitative estimate of drug-likeness (QED) is 0.826. The van der Waals surface area contributed by atoms with Crippen LogP contribution in [-0.2, 0) is 4.79 Å². The molecule has 6 heteroatoms. The molecule has 19 heavy (non-hydrogen) atoms. The maximum Gasteiger partial charge on any atom is 0.417 e. The van der Waals surface area contributed by atoms with Gasteiger partial charge in [0.2, 0.25) is 5.91 Å². The van der Waals surface area contributed by atoms with E-state index >= 15 is 0 Å². The second-order valence-electron chi connectivity index (χ2n) is 4.01. The Hall–Kier alpha value is -1.82. The lowest BCUT2D eigenvalue weighted by Crippen LogP contribution is -2.34. The number of carbonyl (C=O) groups is 1. The molecule has 0 heterocycles. The Morgan fingerprint density at radius 3 is 2.42 bits per heavy atom. The Kier molecular flexibility index (Phi) is 5.11. The first-order chi connectivity index (χ1) is 8.84. The van der Waals surface area contributed by atoms with Gasteiger partial charge in [0.15, 0.2) is 0 Å². The van der Waals surface area contributed by atoms with Crippen LogP contribution in [0.3, 0.4) is 0 Å². The summed E-state index contributed by atoms with van der Waals surface area (Å²) < 4.78 is 38.7. The molecule has 0 aliphatic carbocycles. The second-order valence-corrected chi connectivity index (χ2v) is 4.01. The summed E-state index contributed by atoms with van der Waals surface area (Å²) in [4.78, 5) is 11.4. The average Bonchev–Trinajstić information content (AvgIpc) is 2.35. The van der Waals surface area contributed by atoms with Crippen molar-refractivity contribution >= 4 is 11.5 Å². The third kappa shape index (κ3) is 4.75. The minimum atomic E-state index is -4.62. The second kappa shape index (κ2) is 6.38. The van der Waals surface area contributed by atoms with Gasteiger partial charge in [0, 0.05) is 12.1 Å². The molecule has 1 rings (SSSR count). The highest BCUT2D eigenvalue weighted by Gasteiger charge is 2.35. The number of nitrogens with one attached hydrogen (secondary N) is 1. The zero-order valence-electron chi connectivity index (χ0n) is 10.2. The summed E-state index contributed by atoms with van der Waals surface area (Å²) in [5.74, 6) is -0.891. The van der Waals surface area contributed by atoms with Gasteiger partial charge in [-0.3, -0.25) is 4.79 Å². The molecule has 1 amide bonds. The SMILES string of the molecule is CC(CO)NC(=O)/C=C(/c1ccccc1)C(F)(F)F. The highest BCUT2D eigenvalue weighted by Crippen LogP contribution is 2.33. The number of amides is 1. The molecule has 0 radical (unpaired) electrons. The van der Waals surface area contributed by atoms with Crippen LogP contribution in [0.25, 0.3) is 5.57 Å². The molecular formula is C13H14F3NO2. The Bertz CT molecular complexity index is 455. The van der Waals surface area contributed by atoms with E-state index in [1.807, 2.05) is 0 Å². The lowest BCUT2D eigenvalue weighted by molar-refractivity contribution is -0.117. The number of benzene rings is 1. The van der Waals surface area contributed by atoms with Gasteiger partial charge in [0.1, 0.15) is 0 Å². The fourth-order valence-electron chi connectivity index (χ4n) is 1.41. The Morgan fingerprint density at radius 1 is 1.37 bits per heavy atom. The maximum atomic E-state index is 12.9. The van der Waals surface area contributed by atoms with Crippen molar-refractivity contribution < 1.29 is 23.1 Å². The van der Waals surface area contributed by atoms with Crippen LogP contribution in [0.4, 0.5) is 13.2 Å². The first-order valence-corrected chi connectivity index (χ1v) is 5.60. The largest absolute Gasteiger partial charge is 0.417 e. The Morgan fingerprint density at radius 2 is 1.95 bits per heavy atom. The van der Waals surface area contributed by atoms with E-state index in [2.05, 4.69) is 5.32 Å². The molecule has 1 aromatic rings. The van der Waals surface area contributed by atoms with Crippen molar-refractivity contribution in [3.05, 3.63) is 42.0 Å². The molecule has 0 spiro atoms. The smallest absolute Gasteiger partial charge is 0.394 e. The Balaban J connectivity index is 3.03. The van der Waals surface area contributed by atoms with Gasteiger partial charge >= 0.3 is 6.18 Å². The van der Waals surface area contributed by atoms with Gasteiger partial charge in [-0.25, -0.2) is 0 Å². The molecular weight excluding hydrogens is 259 g/mol. The molecule has 0 fully saturated rings. The van der Waals surface area contributed by atoms with Crippen LogP contribution in [0.15, 0.2) is 36.4 Å². The molecule has 3 nitrogen and oxygen atoms in total. The number of alkyl halides is 3. The summed E-state index contributed by atoms with van der Waals surface area (Å²) in [6, 6.07) is 6.47. The number of halogens is 3. The number of rotatable bonds is 4. The average molecular weight is 273 g/mol. The van der Waals surface area contributed by atoms with E-state index in [-0.39, 0.29) is 12.2 Å². The van der Waals surface area contributed by atoms with Gasteiger partial charge in [-0.1, -0.05) is 30.3 Å². The van der Waals surface area contributed by atoms with Gasteiger partial charge < -0.3 is 10.4 Å². The number of carbonyl (C=O) groups excluding carboxylic acids is 1. The van der Waals surface area contributed by atoms with Crippen molar-refractivity contribution in [2.45, 2.75) is 19.1 Å². The van der Waals surface area contributed by atoms with E-state index in [4.69, 9.17) is 5.11 Å². The monoisotopic (exact) mass is 273 g/mol. The first kappa shape index (κ1) is 15.2. The van der Waals surface area contributed by atoms with Crippen molar-refractivity contribution in [3.8, 4) is 0 Å². The van der Waals surface area contributed by atoms with Crippen molar-refractivity contribution in [2.75, 3.05) is 6.61 Å². The van der Waals surface area contributed by atoms with Crippen molar-refractivity contribution in [1.82, 2.24) is 5.32 Å². The summed E-state index contributed by atoms with van der Waals surface area (Å²) in [5.41, 5.74) is -1.10. The molecule has 2 N–H and O–H groups in total. The van der Waals surface area contributed by atoms with Crippen LogP contribution in [0.5, 0.6) is 0 Å². The molecule has 0 aliphatic heterocycles. The summed E-state index contributed by atoms with van der Waals surface area (Å²) in [5, 5.41) is 11.0. The predicted molar refractivity (Wildman–Crippen MR) is 65.2 cm³/mol. The predicted octanol–water partition coefficient (Wildman–Crippen LogP) is 2.13. The molecule has 0 saturated carbocycles. The van der Waals surface area contributed by atoms with Crippen molar-refractivity contribution in [3.63, 3.8) is 0 Å². The van der Waals surface area contributed by atoms with E-state index in [1.165, 1.54) is 31.2 Å². The Labute approximate surface area is 108 Å². The van der Waals surface area contributed by atoms with E-state index in [0.29, 0.717) is 6.08 Å². The lowest BCUT2D eigenvalue weighted by Gasteiger charge is -2.13. The summed E-state index contributed by atoms with van der Waals surface area (Å²) >= 11 is 0. The molecule has 0 bridgehead atoms. The summed E-state index contributed by atoms with van der Waals surface area (Å²) in [6.45, 7) is 1.15. The van der Waals surface area contributed by atoms with Gasteiger partial charge in [-0.05, 0) is 12.5 Å². The van der Waals surface area contributed by atoms with Gasteiger partial charge in [0.05, 0.1) is 12.2 Å². The van der Waals surface area contributed by atoms with Crippen LogP contribution in [0.1, 0.15) is 12.5 Å². The molecule has 104 valence electrons. The molecule has 0 aromatic heterocycles. The van der Waals surface area contributed by atoms with Crippen LogP contribution < -0.4 is 5.32 Å². The summed E-state index contributed by atoms with van der Waals surface area (Å²) in [6.07, 6.45) is -4.12. The van der Waals surface area contributed by atoms with E-state index in [9.17, 15) is 18.0 Å².